The zero-order chi connectivity index (χ0) is 18.4. The van der Waals surface area contributed by atoms with Crippen LogP contribution in [0.3, 0.4) is 0 Å². The van der Waals surface area contributed by atoms with Gasteiger partial charge in [0.25, 0.3) is 0 Å². The minimum absolute atomic E-state index is 0.0481. The second-order valence-corrected chi connectivity index (χ2v) is 10.1. The van der Waals surface area contributed by atoms with E-state index in [-0.39, 0.29) is 11.8 Å². The van der Waals surface area contributed by atoms with Gasteiger partial charge in [0.1, 0.15) is 0 Å². The minimum atomic E-state index is -4.37. The molecule has 2 saturated heterocycles. The molecule has 2 fully saturated rings. The molecule has 0 bridgehead atoms. The summed E-state index contributed by atoms with van der Waals surface area (Å²) in [4.78, 5) is 25.0. The molecule has 25 heavy (non-hydrogen) atoms. The first kappa shape index (κ1) is 18.1. The molecule has 2 N–H and O–H groups in total. The Hall–Kier alpha value is -1.69. The molecule has 1 spiro atoms. The molecule has 2 aliphatic heterocycles. The van der Waals surface area contributed by atoms with Crippen LogP contribution in [-0.2, 0) is 18.6 Å². The number of aryl methyl sites for hydroxylation is 1. The zero-order valence-corrected chi connectivity index (χ0v) is 16.0. The molecule has 0 amide bonds. The van der Waals surface area contributed by atoms with Crippen LogP contribution in [0.1, 0.15) is 33.3 Å². The van der Waals surface area contributed by atoms with E-state index in [9.17, 15) is 9.59 Å². The third kappa shape index (κ3) is 3.01. The molecule has 7 nitrogen and oxygen atoms in total. The Balaban J connectivity index is 2.06. The van der Waals surface area contributed by atoms with Crippen LogP contribution in [0.15, 0.2) is 24.3 Å². The Labute approximate surface area is 147 Å². The van der Waals surface area contributed by atoms with E-state index in [1.54, 1.807) is 6.07 Å². The number of hydrogen-bond acceptors (Lipinski definition) is 7. The molecule has 138 valence electrons. The van der Waals surface area contributed by atoms with E-state index in [1.165, 1.54) is 0 Å². The summed E-state index contributed by atoms with van der Waals surface area (Å²) < 4.78 is 17.5. The van der Waals surface area contributed by atoms with E-state index in [0.29, 0.717) is 5.75 Å². The number of rotatable bonds is 4. The Morgan fingerprint density at radius 2 is 1.44 bits per heavy atom. The molecule has 2 heterocycles. The Morgan fingerprint density at radius 3 is 1.84 bits per heavy atom. The molecule has 0 aliphatic carbocycles. The molecule has 2 atom stereocenters. The fourth-order valence-electron chi connectivity index (χ4n) is 2.96. The maximum atomic E-state index is 12.5. The van der Waals surface area contributed by atoms with Gasteiger partial charge in [0.05, 0.1) is 0 Å². The molecule has 8 heteroatoms. The summed E-state index contributed by atoms with van der Waals surface area (Å²) in [5, 5.41) is 6.20. The molecular formula is C17H25N2O5P. The number of benzene rings is 1. The van der Waals surface area contributed by atoms with E-state index < -0.39 is 31.6 Å². The predicted molar refractivity (Wildman–Crippen MR) is 94.4 cm³/mol. The Morgan fingerprint density at radius 1 is 0.960 bits per heavy atom. The third-order valence-electron chi connectivity index (χ3n) is 4.43. The second kappa shape index (κ2) is 5.94. The Kier molecular flexibility index (Phi) is 4.30. The molecule has 0 radical (unpaired) electrons. The van der Waals surface area contributed by atoms with Crippen molar-refractivity contribution in [3.63, 3.8) is 0 Å². The SMILES string of the molecule is Cc1ccccc1OP12(N[C@@H](C(C)C)C(=O)O1)N[C@@H](C(C)C)C(=O)O2. The van der Waals surface area contributed by atoms with Crippen molar-refractivity contribution in [2.24, 2.45) is 11.8 Å². The van der Waals surface area contributed by atoms with Crippen molar-refractivity contribution in [3.8, 4) is 5.75 Å². The van der Waals surface area contributed by atoms with Crippen molar-refractivity contribution < 1.29 is 23.2 Å². The Bertz CT molecular complexity index is 685. The van der Waals surface area contributed by atoms with Gasteiger partial charge in [0.2, 0.25) is 0 Å². The van der Waals surface area contributed by atoms with Gasteiger partial charge in [0, 0.05) is 0 Å². The summed E-state index contributed by atoms with van der Waals surface area (Å²) in [7, 11) is -4.37. The molecule has 2 aliphatic rings. The van der Waals surface area contributed by atoms with Crippen LogP contribution in [0.4, 0.5) is 0 Å². The van der Waals surface area contributed by atoms with Gasteiger partial charge in [-0.05, 0) is 0 Å². The van der Waals surface area contributed by atoms with Crippen molar-refractivity contribution >= 4 is 19.5 Å². The monoisotopic (exact) mass is 368 g/mol. The van der Waals surface area contributed by atoms with Crippen LogP contribution in [0.25, 0.3) is 0 Å². The quantitative estimate of drug-likeness (QED) is 0.791. The first-order valence-corrected chi connectivity index (χ1v) is 10.5. The second-order valence-electron chi connectivity index (χ2n) is 7.26. The topological polar surface area (TPSA) is 85.9 Å². The van der Waals surface area contributed by atoms with Gasteiger partial charge in [-0.3, -0.25) is 0 Å². The normalized spacial score (nSPS) is 28.7. The van der Waals surface area contributed by atoms with Crippen molar-refractivity contribution in [3.05, 3.63) is 29.8 Å². The average Bonchev–Trinajstić information content (AvgIpc) is 2.97. The van der Waals surface area contributed by atoms with E-state index in [4.69, 9.17) is 13.6 Å². The molecule has 0 saturated carbocycles. The molecule has 0 aromatic heterocycles. The fraction of sp³-hybridized carbons (Fsp3) is 0.529. The van der Waals surface area contributed by atoms with Crippen LogP contribution in [0, 0.1) is 18.8 Å². The van der Waals surface area contributed by atoms with E-state index >= 15 is 0 Å². The van der Waals surface area contributed by atoms with Crippen LogP contribution in [-0.4, -0.2) is 24.0 Å². The van der Waals surface area contributed by atoms with Crippen molar-refractivity contribution in [2.45, 2.75) is 46.7 Å². The standard InChI is InChI=1S/C17H25N2O5P/c1-10(2)14-16(20)23-25(18-14,19-15(11(3)4)17(21)24-25)22-13-9-7-6-8-12(13)5/h6-11,14-15,18-19H,1-5H3/t14-,15-/m0/s1. The van der Waals surface area contributed by atoms with Crippen molar-refractivity contribution in [1.82, 2.24) is 10.2 Å². The van der Waals surface area contributed by atoms with Gasteiger partial charge >= 0.3 is 147 Å². The van der Waals surface area contributed by atoms with Crippen molar-refractivity contribution in [2.75, 3.05) is 0 Å². The van der Waals surface area contributed by atoms with Crippen LogP contribution in [0.2, 0.25) is 0 Å². The van der Waals surface area contributed by atoms with Crippen LogP contribution >= 0.6 is 7.59 Å². The summed E-state index contributed by atoms with van der Waals surface area (Å²) in [5.41, 5.74) is 0.846. The summed E-state index contributed by atoms with van der Waals surface area (Å²) in [5.74, 6) is -0.562. The molecule has 3 rings (SSSR count). The first-order chi connectivity index (χ1) is 11.6. The summed E-state index contributed by atoms with van der Waals surface area (Å²) >= 11 is 0. The molecule has 1 aromatic rings. The number of carbonyl (C=O) groups is 2. The number of para-hydroxylation sites is 1. The van der Waals surface area contributed by atoms with E-state index in [2.05, 4.69) is 10.2 Å². The summed E-state index contributed by atoms with van der Waals surface area (Å²) in [6.45, 7) is 9.44. The third-order valence-corrected chi connectivity index (χ3v) is 7.43. The molecular weight excluding hydrogens is 343 g/mol. The maximum absolute atomic E-state index is 12.5. The van der Waals surface area contributed by atoms with E-state index in [0.717, 1.165) is 5.56 Å². The van der Waals surface area contributed by atoms with Gasteiger partial charge < -0.3 is 0 Å². The first-order valence-electron chi connectivity index (χ1n) is 8.47. The van der Waals surface area contributed by atoms with Gasteiger partial charge in [0.15, 0.2) is 0 Å². The van der Waals surface area contributed by atoms with Crippen LogP contribution in [0.5, 0.6) is 5.75 Å². The van der Waals surface area contributed by atoms with Crippen LogP contribution < -0.4 is 14.7 Å². The molecule has 1 aromatic carbocycles. The number of nitrogens with one attached hydrogen (secondary N) is 2. The number of carbonyl (C=O) groups excluding carboxylic acids is 2. The molecule has 0 unspecified atom stereocenters. The van der Waals surface area contributed by atoms with Gasteiger partial charge in [-0.25, -0.2) is 0 Å². The van der Waals surface area contributed by atoms with Gasteiger partial charge in [-0.15, -0.1) is 0 Å². The van der Waals surface area contributed by atoms with Gasteiger partial charge in [-0.1, -0.05) is 0 Å². The zero-order valence-electron chi connectivity index (χ0n) is 15.1. The van der Waals surface area contributed by atoms with Gasteiger partial charge in [-0.2, -0.15) is 0 Å². The fourth-order valence-corrected chi connectivity index (χ4v) is 6.67. The van der Waals surface area contributed by atoms with E-state index in [1.807, 2.05) is 52.8 Å². The number of hydrogen-bond donors (Lipinski definition) is 2. The summed E-state index contributed by atoms with van der Waals surface area (Å²) in [6.07, 6.45) is 0. The predicted octanol–water partition coefficient (Wildman–Crippen LogP) is 2.84. The van der Waals surface area contributed by atoms with Crippen molar-refractivity contribution in [1.29, 1.82) is 0 Å². The average molecular weight is 368 g/mol. The summed E-state index contributed by atoms with van der Waals surface area (Å²) in [6, 6.07) is 6.09.